The molecule has 0 bridgehead atoms. The Labute approximate surface area is 159 Å². The van der Waals surface area contributed by atoms with Gasteiger partial charge in [-0.2, -0.15) is 0 Å². The van der Waals surface area contributed by atoms with Gasteiger partial charge in [-0.05, 0) is 6.42 Å². The number of benzene rings is 1. The fourth-order valence-electron chi connectivity index (χ4n) is 2.08. The summed E-state index contributed by atoms with van der Waals surface area (Å²) in [5.74, 6) is 0.838. The Kier molecular flexibility index (Phi) is 9.86. The van der Waals surface area contributed by atoms with E-state index in [1.807, 2.05) is 18.2 Å². The maximum Gasteiger partial charge on any atom is 0.191 e. The van der Waals surface area contributed by atoms with Crippen LogP contribution in [0.1, 0.15) is 31.9 Å². The average molecular weight is 444 g/mol. The van der Waals surface area contributed by atoms with E-state index in [9.17, 15) is 0 Å². The molecule has 0 saturated carbocycles. The second kappa shape index (κ2) is 11.4. The highest BCUT2D eigenvalue weighted by molar-refractivity contribution is 14.0. The van der Waals surface area contributed by atoms with Gasteiger partial charge in [0, 0.05) is 24.5 Å². The van der Waals surface area contributed by atoms with Crippen LogP contribution < -0.4 is 10.6 Å². The van der Waals surface area contributed by atoms with E-state index >= 15 is 0 Å². The normalized spacial score (nSPS) is 11.0. The lowest BCUT2D eigenvalue weighted by atomic mass is 10.2. The number of nitrogens with one attached hydrogen (secondary N) is 2. The van der Waals surface area contributed by atoms with Crippen LogP contribution >= 0.6 is 35.3 Å². The molecule has 6 heteroatoms. The number of halogens is 1. The molecule has 0 radical (unpaired) electrons. The van der Waals surface area contributed by atoms with Crippen LogP contribution in [-0.2, 0) is 6.54 Å². The third-order valence-electron chi connectivity index (χ3n) is 3.31. The lowest BCUT2D eigenvalue weighted by Crippen LogP contribution is -2.37. The topological polar surface area (TPSA) is 49.3 Å². The summed E-state index contributed by atoms with van der Waals surface area (Å²) in [7, 11) is 1.80. The summed E-state index contributed by atoms with van der Waals surface area (Å²) in [4.78, 5) is 8.91. The highest BCUT2D eigenvalue weighted by atomic mass is 127. The van der Waals surface area contributed by atoms with Gasteiger partial charge in [0.15, 0.2) is 5.96 Å². The molecule has 0 aliphatic rings. The van der Waals surface area contributed by atoms with Gasteiger partial charge in [0.05, 0.1) is 12.2 Å². The third-order valence-corrected chi connectivity index (χ3v) is 4.25. The van der Waals surface area contributed by atoms with Gasteiger partial charge in [-0.25, -0.2) is 4.98 Å². The van der Waals surface area contributed by atoms with Gasteiger partial charge in [-0.3, -0.25) is 4.99 Å². The molecule has 2 aromatic rings. The molecule has 23 heavy (non-hydrogen) atoms. The number of hydrogen-bond acceptors (Lipinski definition) is 3. The average Bonchev–Trinajstić information content (AvgIpc) is 3.04. The number of aromatic nitrogens is 1. The van der Waals surface area contributed by atoms with Crippen molar-refractivity contribution in [3.63, 3.8) is 0 Å². The van der Waals surface area contributed by atoms with Crippen molar-refractivity contribution in [1.29, 1.82) is 0 Å². The van der Waals surface area contributed by atoms with Crippen LogP contribution in [0.4, 0.5) is 0 Å². The first-order valence-electron chi connectivity index (χ1n) is 7.77. The minimum absolute atomic E-state index is 0. The van der Waals surface area contributed by atoms with Crippen molar-refractivity contribution in [3.8, 4) is 10.6 Å². The maximum absolute atomic E-state index is 4.67. The minimum atomic E-state index is 0. The molecule has 1 heterocycles. The molecule has 0 spiro atoms. The molecule has 0 saturated heterocycles. The van der Waals surface area contributed by atoms with Crippen molar-refractivity contribution in [2.75, 3.05) is 13.6 Å². The smallest absolute Gasteiger partial charge is 0.191 e. The molecular formula is C17H25IN4S. The van der Waals surface area contributed by atoms with E-state index in [1.54, 1.807) is 18.4 Å². The first-order valence-corrected chi connectivity index (χ1v) is 8.65. The molecular weight excluding hydrogens is 419 g/mol. The Morgan fingerprint density at radius 1 is 1.17 bits per heavy atom. The zero-order valence-corrected chi connectivity index (χ0v) is 16.9. The van der Waals surface area contributed by atoms with Crippen LogP contribution in [0.2, 0.25) is 0 Å². The first kappa shape index (κ1) is 19.9. The molecule has 126 valence electrons. The summed E-state index contributed by atoms with van der Waals surface area (Å²) in [6, 6.07) is 10.3. The summed E-state index contributed by atoms with van der Waals surface area (Å²) in [6.07, 6.45) is 3.65. The van der Waals surface area contributed by atoms with E-state index in [0.717, 1.165) is 23.2 Å². The highest BCUT2D eigenvalue weighted by Gasteiger charge is 2.05. The maximum atomic E-state index is 4.67. The third kappa shape index (κ3) is 6.87. The Hall–Kier alpha value is -1.15. The molecule has 2 rings (SSSR count). The van der Waals surface area contributed by atoms with Crippen LogP contribution in [0.3, 0.4) is 0 Å². The Bertz CT molecular complexity index is 583. The highest BCUT2D eigenvalue weighted by Crippen LogP contribution is 2.23. The monoisotopic (exact) mass is 444 g/mol. The van der Waals surface area contributed by atoms with E-state index in [-0.39, 0.29) is 24.0 Å². The summed E-state index contributed by atoms with van der Waals surface area (Å²) in [6.45, 7) is 3.86. The predicted molar refractivity (Wildman–Crippen MR) is 111 cm³/mol. The molecule has 1 aromatic carbocycles. The van der Waals surface area contributed by atoms with Crippen molar-refractivity contribution < 1.29 is 0 Å². The molecule has 0 fully saturated rings. The number of aliphatic imine (C=N–C) groups is 1. The summed E-state index contributed by atoms with van der Waals surface area (Å²) < 4.78 is 0. The van der Waals surface area contributed by atoms with Gasteiger partial charge < -0.3 is 10.6 Å². The number of unbranched alkanes of at least 4 members (excludes halogenated alkanes) is 2. The van der Waals surface area contributed by atoms with Gasteiger partial charge in [0.25, 0.3) is 0 Å². The fourth-order valence-corrected chi connectivity index (χ4v) is 2.90. The molecule has 0 unspecified atom stereocenters. The second-order valence-corrected chi connectivity index (χ2v) is 5.93. The van der Waals surface area contributed by atoms with Crippen molar-refractivity contribution in [2.45, 2.75) is 32.7 Å². The Morgan fingerprint density at radius 2 is 1.96 bits per heavy atom. The van der Waals surface area contributed by atoms with Crippen LogP contribution in [0.5, 0.6) is 0 Å². The fraction of sp³-hybridized carbons (Fsp3) is 0.412. The van der Waals surface area contributed by atoms with E-state index in [0.29, 0.717) is 6.54 Å². The van der Waals surface area contributed by atoms with E-state index in [2.05, 4.69) is 45.0 Å². The van der Waals surface area contributed by atoms with Crippen LogP contribution in [0.15, 0.2) is 40.7 Å². The van der Waals surface area contributed by atoms with Crippen LogP contribution in [0.25, 0.3) is 10.6 Å². The van der Waals surface area contributed by atoms with Crippen molar-refractivity contribution in [2.24, 2.45) is 4.99 Å². The van der Waals surface area contributed by atoms with Gasteiger partial charge in [-0.1, -0.05) is 50.1 Å². The summed E-state index contributed by atoms with van der Waals surface area (Å²) >= 11 is 1.67. The van der Waals surface area contributed by atoms with Crippen molar-refractivity contribution in [1.82, 2.24) is 15.6 Å². The van der Waals surface area contributed by atoms with Crippen molar-refractivity contribution >= 4 is 41.3 Å². The SMILES string of the molecule is CCCCCNC(=NC)NCc1csc(-c2ccccc2)n1.I. The summed E-state index contributed by atoms with van der Waals surface area (Å²) in [5.41, 5.74) is 2.21. The number of guanidine groups is 1. The molecule has 0 amide bonds. The first-order chi connectivity index (χ1) is 10.8. The molecule has 0 aliphatic carbocycles. The molecule has 0 atom stereocenters. The van der Waals surface area contributed by atoms with Crippen LogP contribution in [0, 0.1) is 0 Å². The van der Waals surface area contributed by atoms with Crippen LogP contribution in [-0.4, -0.2) is 24.5 Å². The van der Waals surface area contributed by atoms with E-state index in [1.165, 1.54) is 24.8 Å². The lowest BCUT2D eigenvalue weighted by molar-refractivity contribution is 0.682. The Balaban J connectivity index is 0.00000264. The number of rotatable bonds is 7. The largest absolute Gasteiger partial charge is 0.356 e. The molecule has 0 aliphatic heterocycles. The number of hydrogen-bond donors (Lipinski definition) is 2. The summed E-state index contributed by atoms with van der Waals surface area (Å²) in [5, 5.41) is 9.79. The van der Waals surface area contributed by atoms with Gasteiger partial charge >= 0.3 is 0 Å². The van der Waals surface area contributed by atoms with Crippen molar-refractivity contribution in [3.05, 3.63) is 41.4 Å². The van der Waals surface area contributed by atoms with Gasteiger partial charge in [0.1, 0.15) is 5.01 Å². The molecule has 1 aromatic heterocycles. The predicted octanol–water partition coefficient (Wildman–Crippen LogP) is 4.28. The second-order valence-electron chi connectivity index (χ2n) is 5.07. The lowest BCUT2D eigenvalue weighted by Gasteiger charge is -2.10. The minimum Gasteiger partial charge on any atom is -0.356 e. The van der Waals surface area contributed by atoms with E-state index < -0.39 is 0 Å². The zero-order chi connectivity index (χ0) is 15.6. The van der Waals surface area contributed by atoms with E-state index in [4.69, 9.17) is 0 Å². The number of thiazole rings is 1. The molecule has 2 N–H and O–H groups in total. The molecule has 4 nitrogen and oxygen atoms in total. The Morgan fingerprint density at radius 3 is 2.65 bits per heavy atom. The zero-order valence-electron chi connectivity index (χ0n) is 13.7. The van der Waals surface area contributed by atoms with Gasteiger partial charge in [0.2, 0.25) is 0 Å². The van der Waals surface area contributed by atoms with Gasteiger partial charge in [-0.15, -0.1) is 35.3 Å². The quantitative estimate of drug-likeness (QED) is 0.290. The number of nitrogens with zero attached hydrogens (tertiary/aromatic N) is 2. The standard InChI is InChI=1S/C17H24N4S.HI/c1-3-4-8-11-19-17(18-2)20-12-15-13-22-16(21-15)14-9-6-5-7-10-14;/h5-7,9-10,13H,3-4,8,11-12H2,1-2H3,(H2,18,19,20);1H.